The number of ether oxygens (including phenoxy) is 4. The van der Waals surface area contributed by atoms with E-state index in [0.29, 0.717) is 12.8 Å². The Kier molecular flexibility index (Phi) is 29.6. The van der Waals surface area contributed by atoms with Crippen LogP contribution in [0.15, 0.2) is 0 Å². The normalized spacial score (nSPS) is 14.0. The molecule has 0 saturated carbocycles. The summed E-state index contributed by atoms with van der Waals surface area (Å²) < 4.78 is 42.5. The maximum absolute atomic E-state index is 12.5. The quantitative estimate of drug-likeness (QED) is 0.0402. The molecular weight excluding hydrogens is 621 g/mol. The fourth-order valence-corrected chi connectivity index (χ4v) is 5.36. The molecule has 0 heterocycles. The summed E-state index contributed by atoms with van der Waals surface area (Å²) >= 11 is 0. The Morgan fingerprint density at radius 2 is 1.00 bits per heavy atom. The molecular formula is C32H62NO12P. The maximum atomic E-state index is 12.5. The van der Waals surface area contributed by atoms with Crippen LogP contribution in [0.5, 0.6) is 0 Å². The van der Waals surface area contributed by atoms with E-state index >= 15 is 0 Å². The number of carbonyl (C=O) groups excluding carboxylic acids is 2. The Morgan fingerprint density at radius 1 is 0.609 bits per heavy atom. The zero-order chi connectivity index (χ0) is 34.3. The summed E-state index contributed by atoms with van der Waals surface area (Å²) in [5.41, 5.74) is 5.29. The molecule has 0 rings (SSSR count). The molecule has 3 atom stereocenters. The highest BCUT2D eigenvalue weighted by atomic mass is 31.2. The summed E-state index contributed by atoms with van der Waals surface area (Å²) in [6.45, 7) is -0.0940. The first-order valence-corrected chi connectivity index (χ1v) is 18.5. The van der Waals surface area contributed by atoms with Crippen LogP contribution in [0.3, 0.4) is 0 Å². The summed E-state index contributed by atoms with van der Waals surface area (Å²) in [5, 5.41) is 8.83. The van der Waals surface area contributed by atoms with Crippen molar-refractivity contribution in [2.24, 2.45) is 5.73 Å². The zero-order valence-corrected chi connectivity index (χ0v) is 29.2. The van der Waals surface area contributed by atoms with Crippen molar-refractivity contribution in [1.29, 1.82) is 0 Å². The van der Waals surface area contributed by atoms with E-state index in [1.54, 1.807) is 14.2 Å². The van der Waals surface area contributed by atoms with Crippen molar-refractivity contribution < 1.29 is 56.9 Å². The molecule has 0 aromatic rings. The summed E-state index contributed by atoms with van der Waals surface area (Å²) in [5.74, 6) is -2.41. The molecule has 0 radical (unpaired) electrons. The van der Waals surface area contributed by atoms with Crippen molar-refractivity contribution in [3.63, 3.8) is 0 Å². The maximum Gasteiger partial charge on any atom is 0.472 e. The second-order valence-corrected chi connectivity index (χ2v) is 13.1. The standard InChI is InChI=1S/C32H62NO12P/c1-40-23-19-15-11-7-3-5-9-13-17-21-30(34)42-25-28(26-43-46(38,39)44-27-29(33)32(36)37)45-31(35)22-18-14-10-6-4-8-12-16-20-24-41-2/h28-29H,3-27,33H2,1-2H3,(H,36,37)(H,38,39)/t28-,29+/m1/s1. The van der Waals surface area contributed by atoms with Crippen molar-refractivity contribution in [2.45, 2.75) is 141 Å². The van der Waals surface area contributed by atoms with E-state index in [1.807, 2.05) is 0 Å². The number of carbonyl (C=O) groups is 3. The molecule has 4 N–H and O–H groups in total. The topological polar surface area (TPSA) is 190 Å². The molecule has 46 heavy (non-hydrogen) atoms. The second-order valence-electron chi connectivity index (χ2n) is 11.6. The van der Waals surface area contributed by atoms with Gasteiger partial charge in [-0.1, -0.05) is 89.9 Å². The van der Waals surface area contributed by atoms with Gasteiger partial charge < -0.3 is 34.7 Å². The Labute approximate surface area is 276 Å². The number of esters is 2. The van der Waals surface area contributed by atoms with E-state index in [4.69, 9.17) is 34.3 Å². The third-order valence-corrected chi connectivity index (χ3v) is 8.30. The van der Waals surface area contributed by atoms with E-state index < -0.39 is 51.1 Å². The van der Waals surface area contributed by atoms with Gasteiger partial charge in [-0.3, -0.25) is 23.4 Å². The fraction of sp³-hybridized carbons (Fsp3) is 0.906. The summed E-state index contributed by atoms with van der Waals surface area (Å²) in [6, 6.07) is -1.52. The van der Waals surface area contributed by atoms with Gasteiger partial charge in [-0.2, -0.15) is 0 Å². The number of hydrogen-bond donors (Lipinski definition) is 3. The van der Waals surface area contributed by atoms with Gasteiger partial charge >= 0.3 is 25.7 Å². The molecule has 0 aromatic heterocycles. The van der Waals surface area contributed by atoms with Gasteiger partial charge in [0.25, 0.3) is 0 Å². The largest absolute Gasteiger partial charge is 0.480 e. The second kappa shape index (κ2) is 30.7. The number of rotatable bonds is 34. The van der Waals surface area contributed by atoms with Crippen LogP contribution >= 0.6 is 7.82 Å². The lowest BCUT2D eigenvalue weighted by Gasteiger charge is -2.20. The highest BCUT2D eigenvalue weighted by molar-refractivity contribution is 7.47. The van der Waals surface area contributed by atoms with E-state index in [2.05, 4.69) is 4.52 Å². The van der Waals surface area contributed by atoms with Gasteiger partial charge in [0.1, 0.15) is 12.6 Å². The molecule has 0 amide bonds. The van der Waals surface area contributed by atoms with E-state index in [1.165, 1.54) is 44.9 Å². The minimum absolute atomic E-state index is 0.148. The zero-order valence-electron chi connectivity index (χ0n) is 28.3. The van der Waals surface area contributed by atoms with Crippen LogP contribution in [-0.4, -0.2) is 87.3 Å². The summed E-state index contributed by atoms with van der Waals surface area (Å²) in [7, 11) is -1.28. The molecule has 0 spiro atoms. The molecule has 1 unspecified atom stereocenters. The Balaban J connectivity index is 4.46. The van der Waals surface area contributed by atoms with Crippen molar-refractivity contribution in [3.05, 3.63) is 0 Å². The van der Waals surface area contributed by atoms with Crippen LogP contribution in [0.2, 0.25) is 0 Å². The van der Waals surface area contributed by atoms with Gasteiger partial charge in [0, 0.05) is 40.3 Å². The van der Waals surface area contributed by atoms with Gasteiger partial charge in [0.15, 0.2) is 6.10 Å². The van der Waals surface area contributed by atoms with Crippen LogP contribution < -0.4 is 5.73 Å². The lowest BCUT2D eigenvalue weighted by molar-refractivity contribution is -0.161. The Bertz CT molecular complexity index is 816. The molecule has 14 heteroatoms. The van der Waals surface area contributed by atoms with E-state index in [0.717, 1.165) is 71.0 Å². The molecule has 13 nitrogen and oxygen atoms in total. The van der Waals surface area contributed by atoms with Crippen LogP contribution in [0.1, 0.15) is 128 Å². The number of nitrogens with two attached hydrogens (primary N) is 1. The van der Waals surface area contributed by atoms with E-state index in [-0.39, 0.29) is 19.4 Å². The number of phosphoric ester groups is 1. The number of aliphatic carboxylic acids is 1. The highest BCUT2D eigenvalue weighted by Crippen LogP contribution is 2.43. The average Bonchev–Trinajstić information content (AvgIpc) is 3.02. The first-order valence-electron chi connectivity index (χ1n) is 17.0. The molecule has 0 aliphatic heterocycles. The van der Waals surface area contributed by atoms with Gasteiger partial charge in [0.05, 0.1) is 13.2 Å². The van der Waals surface area contributed by atoms with Crippen molar-refractivity contribution >= 4 is 25.7 Å². The van der Waals surface area contributed by atoms with Crippen LogP contribution in [0.4, 0.5) is 0 Å². The van der Waals surface area contributed by atoms with Crippen molar-refractivity contribution in [3.8, 4) is 0 Å². The molecule has 0 bridgehead atoms. The minimum atomic E-state index is -4.71. The molecule has 0 aromatic carbocycles. The lowest BCUT2D eigenvalue weighted by Crippen LogP contribution is -2.34. The number of carboxylic acids is 1. The van der Waals surface area contributed by atoms with Crippen LogP contribution in [-0.2, 0) is 46.9 Å². The monoisotopic (exact) mass is 683 g/mol. The van der Waals surface area contributed by atoms with Crippen LogP contribution in [0, 0.1) is 0 Å². The highest BCUT2D eigenvalue weighted by Gasteiger charge is 2.28. The average molecular weight is 684 g/mol. The number of unbranched alkanes of at least 4 members (excludes halogenated alkanes) is 16. The lowest BCUT2D eigenvalue weighted by atomic mass is 10.1. The molecule has 0 saturated heterocycles. The molecule has 0 aliphatic rings. The van der Waals surface area contributed by atoms with Gasteiger partial charge in [-0.25, -0.2) is 4.57 Å². The van der Waals surface area contributed by atoms with Crippen molar-refractivity contribution in [1.82, 2.24) is 0 Å². The Morgan fingerprint density at radius 3 is 1.43 bits per heavy atom. The number of hydrogen-bond acceptors (Lipinski definition) is 11. The SMILES string of the molecule is COCCCCCCCCCCCC(=O)OC[C@H](COP(=O)(O)OC[C@H](N)C(=O)O)OC(=O)CCCCCCCCCCCOC. The predicted molar refractivity (Wildman–Crippen MR) is 174 cm³/mol. The fourth-order valence-electron chi connectivity index (χ4n) is 4.59. The van der Waals surface area contributed by atoms with E-state index in [9.17, 15) is 23.8 Å². The first-order chi connectivity index (χ1) is 22.1. The number of carboxylic acid groups (broad SMARTS) is 1. The van der Waals surface area contributed by atoms with Crippen molar-refractivity contribution in [2.75, 3.05) is 47.3 Å². The third-order valence-electron chi connectivity index (χ3n) is 7.35. The van der Waals surface area contributed by atoms with Gasteiger partial charge in [-0.05, 0) is 25.7 Å². The smallest absolute Gasteiger partial charge is 0.472 e. The first kappa shape index (κ1) is 44.4. The summed E-state index contributed by atoms with van der Waals surface area (Å²) in [4.78, 5) is 45.5. The molecule has 0 fully saturated rings. The number of phosphoric acid groups is 1. The van der Waals surface area contributed by atoms with Crippen LogP contribution in [0.25, 0.3) is 0 Å². The van der Waals surface area contributed by atoms with Gasteiger partial charge in [-0.15, -0.1) is 0 Å². The molecule has 0 aliphatic carbocycles. The molecule has 272 valence electrons. The number of methoxy groups -OCH3 is 2. The third kappa shape index (κ3) is 29.8. The predicted octanol–water partition coefficient (Wildman–Crippen LogP) is 6.08. The van der Waals surface area contributed by atoms with Gasteiger partial charge in [0.2, 0.25) is 0 Å². The summed E-state index contributed by atoms with van der Waals surface area (Å²) in [6.07, 6.45) is 18.2. The minimum Gasteiger partial charge on any atom is -0.480 e. The Hall–Kier alpha value is -1.60.